The van der Waals surface area contributed by atoms with Crippen molar-refractivity contribution in [3.8, 4) is 0 Å². The first-order valence-electron chi connectivity index (χ1n) is 11.8. The lowest BCUT2D eigenvalue weighted by Gasteiger charge is -2.44. The van der Waals surface area contributed by atoms with Gasteiger partial charge in [-0.05, 0) is 42.2 Å². The third kappa shape index (κ3) is 5.79. The average Bonchev–Trinajstić information content (AvgIpc) is 2.78. The van der Waals surface area contributed by atoms with E-state index in [0.29, 0.717) is 12.5 Å². The van der Waals surface area contributed by atoms with Crippen molar-refractivity contribution in [1.29, 1.82) is 0 Å². The van der Waals surface area contributed by atoms with E-state index in [9.17, 15) is 9.59 Å². The van der Waals surface area contributed by atoms with E-state index in [-0.39, 0.29) is 35.8 Å². The summed E-state index contributed by atoms with van der Waals surface area (Å²) >= 11 is 0. The summed E-state index contributed by atoms with van der Waals surface area (Å²) in [5.41, 5.74) is 1.91. The smallest absolute Gasteiger partial charge is 0.314 e. The highest BCUT2D eigenvalue weighted by atomic mass is 16.5. The summed E-state index contributed by atoms with van der Waals surface area (Å²) in [6.07, 6.45) is 2.78. The molecule has 2 aromatic carbocycles. The van der Waals surface area contributed by atoms with E-state index in [1.54, 1.807) is 6.92 Å². The summed E-state index contributed by atoms with van der Waals surface area (Å²) in [6, 6.07) is 19.9. The fourth-order valence-electron chi connectivity index (χ4n) is 5.01. The van der Waals surface area contributed by atoms with Gasteiger partial charge in [-0.25, -0.2) is 0 Å². The molecule has 1 fully saturated rings. The Balaban J connectivity index is 1.84. The third-order valence-corrected chi connectivity index (χ3v) is 6.93. The van der Waals surface area contributed by atoms with Crippen molar-refractivity contribution in [2.45, 2.75) is 70.8 Å². The molecule has 1 saturated carbocycles. The van der Waals surface area contributed by atoms with Gasteiger partial charge < -0.3 is 9.47 Å². The quantitative estimate of drug-likeness (QED) is 0.473. The van der Waals surface area contributed by atoms with E-state index in [4.69, 9.17) is 9.47 Å². The molecular formula is C28H36O4. The molecule has 0 spiro atoms. The predicted molar refractivity (Wildman–Crippen MR) is 126 cm³/mol. The van der Waals surface area contributed by atoms with Crippen LogP contribution in [0.3, 0.4) is 0 Å². The molecule has 0 bridgehead atoms. The fourth-order valence-corrected chi connectivity index (χ4v) is 5.01. The Bertz CT molecular complexity index is 875. The summed E-state index contributed by atoms with van der Waals surface area (Å²) in [7, 11) is 0. The second kappa shape index (κ2) is 10.8. The van der Waals surface area contributed by atoms with Crippen LogP contribution >= 0.6 is 0 Å². The van der Waals surface area contributed by atoms with Gasteiger partial charge in [-0.2, -0.15) is 0 Å². The molecule has 0 amide bonds. The SMILES string of the molecule is CCOC(=O)C[C@@H](C(=O)O[C@@H]1C[C@H](C)CC[C@H]1C(C)(C)c1ccccc1)c1ccccc1. The molecule has 1 aliphatic rings. The number of ether oxygens (including phenoxy) is 2. The van der Waals surface area contributed by atoms with Crippen molar-refractivity contribution < 1.29 is 19.1 Å². The van der Waals surface area contributed by atoms with Gasteiger partial charge >= 0.3 is 11.9 Å². The molecule has 4 heteroatoms. The van der Waals surface area contributed by atoms with Crippen LogP contribution in [0, 0.1) is 11.8 Å². The molecule has 0 heterocycles. The number of benzene rings is 2. The molecule has 3 rings (SSSR count). The van der Waals surface area contributed by atoms with Crippen LogP contribution in [0.4, 0.5) is 0 Å². The molecule has 0 radical (unpaired) electrons. The topological polar surface area (TPSA) is 52.6 Å². The van der Waals surface area contributed by atoms with Gasteiger partial charge in [-0.1, -0.05) is 87.9 Å². The molecule has 0 aromatic heterocycles. The van der Waals surface area contributed by atoms with Gasteiger partial charge in [-0.3, -0.25) is 9.59 Å². The van der Waals surface area contributed by atoms with Crippen LogP contribution in [0.1, 0.15) is 70.4 Å². The summed E-state index contributed by atoms with van der Waals surface area (Å²) < 4.78 is 11.4. The second-order valence-electron chi connectivity index (χ2n) is 9.56. The van der Waals surface area contributed by atoms with Crippen molar-refractivity contribution in [3.05, 3.63) is 71.8 Å². The van der Waals surface area contributed by atoms with E-state index in [1.807, 2.05) is 36.4 Å². The van der Waals surface area contributed by atoms with Gasteiger partial charge in [0.1, 0.15) is 6.10 Å². The molecule has 0 unspecified atom stereocenters. The summed E-state index contributed by atoms with van der Waals surface area (Å²) in [5.74, 6) is -0.665. The molecular weight excluding hydrogens is 400 g/mol. The Morgan fingerprint density at radius 2 is 1.62 bits per heavy atom. The summed E-state index contributed by atoms with van der Waals surface area (Å²) in [4.78, 5) is 25.7. The van der Waals surface area contributed by atoms with Crippen LogP contribution in [0.15, 0.2) is 60.7 Å². The molecule has 4 atom stereocenters. The van der Waals surface area contributed by atoms with Crippen molar-refractivity contribution in [2.75, 3.05) is 6.61 Å². The van der Waals surface area contributed by atoms with E-state index in [2.05, 4.69) is 45.0 Å². The summed E-state index contributed by atoms with van der Waals surface area (Å²) in [6.45, 7) is 8.78. The lowest BCUT2D eigenvalue weighted by molar-refractivity contribution is -0.161. The zero-order valence-electron chi connectivity index (χ0n) is 19.8. The minimum absolute atomic E-state index is 0.00823. The first-order valence-corrected chi connectivity index (χ1v) is 11.8. The van der Waals surface area contributed by atoms with Crippen molar-refractivity contribution in [2.24, 2.45) is 11.8 Å². The monoisotopic (exact) mass is 436 g/mol. The Labute approximate surface area is 192 Å². The van der Waals surface area contributed by atoms with Gasteiger partial charge in [0.05, 0.1) is 18.9 Å². The number of carbonyl (C=O) groups is 2. The second-order valence-corrected chi connectivity index (χ2v) is 9.56. The van der Waals surface area contributed by atoms with Crippen LogP contribution in [0.2, 0.25) is 0 Å². The zero-order valence-corrected chi connectivity index (χ0v) is 19.8. The Morgan fingerprint density at radius 1 is 1.00 bits per heavy atom. The molecule has 32 heavy (non-hydrogen) atoms. The molecule has 0 aliphatic heterocycles. The fraction of sp³-hybridized carbons (Fsp3) is 0.500. The van der Waals surface area contributed by atoms with Crippen molar-refractivity contribution in [3.63, 3.8) is 0 Å². The van der Waals surface area contributed by atoms with Crippen LogP contribution in [-0.2, 0) is 24.5 Å². The first kappa shape index (κ1) is 24.0. The molecule has 0 saturated heterocycles. The van der Waals surface area contributed by atoms with E-state index in [0.717, 1.165) is 24.8 Å². The van der Waals surface area contributed by atoms with E-state index < -0.39 is 5.92 Å². The predicted octanol–water partition coefficient (Wildman–Crippen LogP) is 6.05. The maximum absolute atomic E-state index is 13.4. The van der Waals surface area contributed by atoms with Crippen LogP contribution in [0.25, 0.3) is 0 Å². The van der Waals surface area contributed by atoms with Crippen molar-refractivity contribution >= 4 is 11.9 Å². The maximum Gasteiger partial charge on any atom is 0.314 e. The molecule has 0 N–H and O–H groups in total. The number of hydrogen-bond acceptors (Lipinski definition) is 4. The Hall–Kier alpha value is -2.62. The molecule has 1 aliphatic carbocycles. The molecule has 2 aromatic rings. The van der Waals surface area contributed by atoms with Gasteiger partial charge in [0.2, 0.25) is 0 Å². The van der Waals surface area contributed by atoms with Gasteiger partial charge in [0.25, 0.3) is 0 Å². The minimum Gasteiger partial charge on any atom is -0.466 e. The largest absolute Gasteiger partial charge is 0.466 e. The van der Waals surface area contributed by atoms with Gasteiger partial charge in [0, 0.05) is 5.92 Å². The molecule has 4 nitrogen and oxygen atoms in total. The minimum atomic E-state index is -0.659. The van der Waals surface area contributed by atoms with Gasteiger partial charge in [0.15, 0.2) is 0 Å². The summed E-state index contributed by atoms with van der Waals surface area (Å²) in [5, 5.41) is 0. The number of esters is 2. The number of carbonyl (C=O) groups excluding carboxylic acids is 2. The molecule has 172 valence electrons. The van der Waals surface area contributed by atoms with Gasteiger partial charge in [-0.15, -0.1) is 0 Å². The highest BCUT2D eigenvalue weighted by Crippen LogP contribution is 2.44. The first-order chi connectivity index (χ1) is 15.3. The van der Waals surface area contributed by atoms with E-state index in [1.165, 1.54) is 5.56 Å². The van der Waals surface area contributed by atoms with Crippen LogP contribution in [0.5, 0.6) is 0 Å². The Morgan fingerprint density at radius 3 is 2.25 bits per heavy atom. The maximum atomic E-state index is 13.4. The third-order valence-electron chi connectivity index (χ3n) is 6.93. The van der Waals surface area contributed by atoms with Crippen molar-refractivity contribution in [1.82, 2.24) is 0 Å². The standard InChI is InChI=1S/C28H36O4/c1-5-31-26(29)19-23(21-12-8-6-9-13-21)27(30)32-25-18-20(2)16-17-24(25)28(3,4)22-14-10-7-11-15-22/h6-15,20,23-25H,5,16-19H2,1-4H3/t20-,23-,24-,25-/m1/s1. The van der Waals surface area contributed by atoms with E-state index >= 15 is 0 Å². The lowest BCUT2D eigenvalue weighted by atomic mass is 9.64. The lowest BCUT2D eigenvalue weighted by Crippen LogP contribution is -2.44. The number of hydrogen-bond donors (Lipinski definition) is 0. The highest BCUT2D eigenvalue weighted by Gasteiger charge is 2.42. The zero-order chi connectivity index (χ0) is 23.1. The van der Waals surface area contributed by atoms with Crippen LogP contribution < -0.4 is 0 Å². The average molecular weight is 437 g/mol. The Kier molecular flexibility index (Phi) is 8.11. The number of rotatable bonds is 8. The van der Waals surface area contributed by atoms with Crippen LogP contribution in [-0.4, -0.2) is 24.6 Å². The highest BCUT2D eigenvalue weighted by molar-refractivity contribution is 5.84. The normalized spacial score (nSPS) is 22.1.